The molecule has 0 bridgehead atoms. The first-order valence-electron chi connectivity index (χ1n) is 7.32. The van der Waals surface area contributed by atoms with E-state index in [1.165, 1.54) is 0 Å². The smallest absolute Gasteiger partial charge is 0.237 e. The fourth-order valence-corrected chi connectivity index (χ4v) is 1.61. The molecule has 1 aromatic rings. The molecule has 1 heterocycles. The highest BCUT2D eigenvalue weighted by molar-refractivity contribution is 5.52. The predicted molar refractivity (Wildman–Crippen MR) is 81.8 cm³/mol. The van der Waals surface area contributed by atoms with Crippen LogP contribution in [-0.2, 0) is 9.47 Å². The predicted octanol–water partition coefficient (Wildman–Crippen LogP) is 1.69. The van der Waals surface area contributed by atoms with Gasteiger partial charge >= 0.3 is 0 Å². The Bertz CT molecular complexity index is 388. The van der Waals surface area contributed by atoms with Crippen molar-refractivity contribution in [2.24, 2.45) is 0 Å². The third-order valence-corrected chi connectivity index (χ3v) is 2.53. The van der Waals surface area contributed by atoms with Crippen molar-refractivity contribution < 1.29 is 19.3 Å². The van der Waals surface area contributed by atoms with Gasteiger partial charge in [0.05, 0.1) is 37.7 Å². The van der Waals surface area contributed by atoms with E-state index < -0.39 is 6.10 Å². The molecule has 2 N–H and O–H groups in total. The van der Waals surface area contributed by atoms with Crippen molar-refractivity contribution in [1.29, 1.82) is 0 Å². The van der Waals surface area contributed by atoms with Crippen LogP contribution in [0.15, 0.2) is 18.3 Å². The first kappa shape index (κ1) is 17.7. The highest BCUT2D eigenvalue weighted by atomic mass is 16.5. The van der Waals surface area contributed by atoms with Gasteiger partial charge in [-0.2, -0.15) is 0 Å². The zero-order chi connectivity index (χ0) is 15.5. The molecule has 6 heteroatoms. The van der Waals surface area contributed by atoms with Crippen molar-refractivity contribution in [3.63, 3.8) is 0 Å². The van der Waals surface area contributed by atoms with Gasteiger partial charge in [0.1, 0.15) is 0 Å². The minimum absolute atomic E-state index is 0.0484. The molecule has 0 aliphatic carbocycles. The fourth-order valence-electron chi connectivity index (χ4n) is 1.61. The van der Waals surface area contributed by atoms with Gasteiger partial charge in [0.25, 0.3) is 0 Å². The van der Waals surface area contributed by atoms with Gasteiger partial charge in [-0.3, -0.25) is 0 Å². The molecule has 120 valence electrons. The molecular formula is C15H26N2O4. The zero-order valence-electron chi connectivity index (χ0n) is 13.0. The Hall–Kier alpha value is -1.37. The molecule has 0 aliphatic heterocycles. The average molecular weight is 298 g/mol. The molecule has 0 amide bonds. The summed E-state index contributed by atoms with van der Waals surface area (Å²) in [6.45, 7) is 8.16. The molecule has 0 fully saturated rings. The molecule has 1 aromatic heterocycles. The summed E-state index contributed by atoms with van der Waals surface area (Å²) in [4.78, 5) is 4.18. The van der Waals surface area contributed by atoms with Gasteiger partial charge in [-0.05, 0) is 32.9 Å². The van der Waals surface area contributed by atoms with Gasteiger partial charge in [0.15, 0.2) is 0 Å². The highest BCUT2D eigenvalue weighted by Gasteiger charge is 2.09. The van der Waals surface area contributed by atoms with Gasteiger partial charge in [-0.25, -0.2) is 4.98 Å². The standard InChI is InChI=1S/C15H26N2O4/c1-4-19-8-9-20-11-13(18)10-17-14-6-5-7-16-15(14)21-12(2)3/h5-7,12-13,17-18H,4,8-11H2,1-3H3. The number of aromatic nitrogens is 1. The molecule has 21 heavy (non-hydrogen) atoms. The minimum Gasteiger partial charge on any atom is -0.473 e. The lowest BCUT2D eigenvalue weighted by molar-refractivity contribution is 0.0103. The molecule has 0 spiro atoms. The summed E-state index contributed by atoms with van der Waals surface area (Å²) in [6, 6.07) is 3.69. The SMILES string of the molecule is CCOCCOCC(O)CNc1cccnc1OC(C)C. The average Bonchev–Trinajstić information content (AvgIpc) is 2.45. The van der Waals surface area contributed by atoms with Gasteiger partial charge in [0, 0.05) is 19.3 Å². The summed E-state index contributed by atoms with van der Waals surface area (Å²) in [5.41, 5.74) is 0.763. The number of nitrogens with one attached hydrogen (secondary N) is 1. The molecule has 0 saturated heterocycles. The van der Waals surface area contributed by atoms with Crippen LogP contribution in [-0.4, -0.2) is 55.3 Å². The van der Waals surface area contributed by atoms with E-state index in [4.69, 9.17) is 14.2 Å². The van der Waals surface area contributed by atoms with E-state index in [-0.39, 0.29) is 12.7 Å². The third-order valence-electron chi connectivity index (χ3n) is 2.53. The zero-order valence-corrected chi connectivity index (χ0v) is 13.0. The molecule has 0 aliphatic rings. The summed E-state index contributed by atoms with van der Waals surface area (Å²) in [7, 11) is 0. The highest BCUT2D eigenvalue weighted by Crippen LogP contribution is 2.21. The molecule has 0 saturated carbocycles. The Balaban J connectivity index is 2.30. The van der Waals surface area contributed by atoms with Crippen LogP contribution in [0.3, 0.4) is 0 Å². The van der Waals surface area contributed by atoms with Crippen molar-refractivity contribution >= 4 is 5.69 Å². The van der Waals surface area contributed by atoms with E-state index in [0.29, 0.717) is 32.2 Å². The van der Waals surface area contributed by atoms with E-state index in [1.54, 1.807) is 6.20 Å². The van der Waals surface area contributed by atoms with E-state index in [2.05, 4.69) is 10.3 Å². The topological polar surface area (TPSA) is 72.8 Å². The van der Waals surface area contributed by atoms with Crippen molar-refractivity contribution in [2.45, 2.75) is 33.0 Å². The maximum Gasteiger partial charge on any atom is 0.237 e. The Morgan fingerprint density at radius 2 is 2.05 bits per heavy atom. The second-order valence-corrected chi connectivity index (χ2v) is 4.83. The second kappa shape index (κ2) is 10.4. The number of ether oxygens (including phenoxy) is 3. The van der Waals surface area contributed by atoms with Crippen LogP contribution in [0.1, 0.15) is 20.8 Å². The van der Waals surface area contributed by atoms with Gasteiger partial charge in [-0.15, -0.1) is 0 Å². The molecule has 1 unspecified atom stereocenters. The van der Waals surface area contributed by atoms with Crippen LogP contribution in [0.2, 0.25) is 0 Å². The number of anilines is 1. The van der Waals surface area contributed by atoms with E-state index in [1.807, 2.05) is 32.9 Å². The number of aliphatic hydroxyl groups excluding tert-OH is 1. The first-order valence-corrected chi connectivity index (χ1v) is 7.32. The number of pyridine rings is 1. The van der Waals surface area contributed by atoms with E-state index in [9.17, 15) is 5.11 Å². The Labute approximate surface area is 126 Å². The van der Waals surface area contributed by atoms with Crippen molar-refractivity contribution in [3.8, 4) is 5.88 Å². The normalized spacial score (nSPS) is 12.4. The van der Waals surface area contributed by atoms with Crippen molar-refractivity contribution in [2.75, 3.05) is 38.3 Å². The third kappa shape index (κ3) is 7.84. The van der Waals surface area contributed by atoms with E-state index >= 15 is 0 Å². The summed E-state index contributed by atoms with van der Waals surface area (Å²) in [5, 5.41) is 13.0. The lowest BCUT2D eigenvalue weighted by Crippen LogP contribution is -2.26. The first-order chi connectivity index (χ1) is 10.1. The van der Waals surface area contributed by atoms with E-state index in [0.717, 1.165) is 5.69 Å². The summed E-state index contributed by atoms with van der Waals surface area (Å²) in [5.74, 6) is 0.539. The quantitative estimate of drug-likeness (QED) is 0.606. The second-order valence-electron chi connectivity index (χ2n) is 4.83. The summed E-state index contributed by atoms with van der Waals surface area (Å²) in [6.07, 6.45) is 1.13. The number of rotatable bonds is 11. The van der Waals surface area contributed by atoms with Crippen molar-refractivity contribution in [1.82, 2.24) is 4.98 Å². The van der Waals surface area contributed by atoms with Crippen LogP contribution in [0.4, 0.5) is 5.69 Å². The molecule has 1 atom stereocenters. The Morgan fingerprint density at radius 1 is 1.29 bits per heavy atom. The maximum absolute atomic E-state index is 9.85. The van der Waals surface area contributed by atoms with Crippen LogP contribution >= 0.6 is 0 Å². The van der Waals surface area contributed by atoms with Crippen molar-refractivity contribution in [3.05, 3.63) is 18.3 Å². The maximum atomic E-state index is 9.85. The fraction of sp³-hybridized carbons (Fsp3) is 0.667. The van der Waals surface area contributed by atoms with Gasteiger partial charge in [-0.1, -0.05) is 0 Å². The number of hydrogen-bond donors (Lipinski definition) is 2. The van der Waals surface area contributed by atoms with Crippen LogP contribution < -0.4 is 10.1 Å². The minimum atomic E-state index is -0.598. The van der Waals surface area contributed by atoms with Crippen LogP contribution in [0.25, 0.3) is 0 Å². The van der Waals surface area contributed by atoms with Gasteiger partial charge < -0.3 is 24.6 Å². The summed E-state index contributed by atoms with van der Waals surface area (Å²) < 4.78 is 16.1. The largest absolute Gasteiger partial charge is 0.473 e. The molecule has 1 rings (SSSR count). The molecule has 6 nitrogen and oxygen atoms in total. The van der Waals surface area contributed by atoms with Crippen LogP contribution in [0.5, 0.6) is 5.88 Å². The Kier molecular flexibility index (Phi) is 8.73. The molecular weight excluding hydrogens is 272 g/mol. The Morgan fingerprint density at radius 3 is 2.76 bits per heavy atom. The molecule has 0 radical (unpaired) electrons. The van der Waals surface area contributed by atoms with Gasteiger partial charge in [0.2, 0.25) is 5.88 Å². The monoisotopic (exact) mass is 298 g/mol. The summed E-state index contributed by atoms with van der Waals surface area (Å²) >= 11 is 0. The number of nitrogens with zero attached hydrogens (tertiary/aromatic N) is 1. The number of aliphatic hydroxyl groups is 1. The number of hydrogen-bond acceptors (Lipinski definition) is 6. The lowest BCUT2D eigenvalue weighted by atomic mass is 10.3. The van der Waals surface area contributed by atoms with Crippen LogP contribution in [0, 0.1) is 0 Å². The molecule has 0 aromatic carbocycles. The lowest BCUT2D eigenvalue weighted by Gasteiger charge is -2.16.